The van der Waals surface area contributed by atoms with Gasteiger partial charge < -0.3 is 10.2 Å². The molecule has 2 aromatic heterocycles. The van der Waals surface area contributed by atoms with Crippen molar-refractivity contribution >= 4 is 17.4 Å². The number of amides is 1. The number of hydrogen-bond donors (Lipinski definition) is 1. The zero-order chi connectivity index (χ0) is 20.6. The van der Waals surface area contributed by atoms with Crippen LogP contribution < -0.4 is 5.32 Å². The smallest absolute Gasteiger partial charge is 0.364 e. The van der Waals surface area contributed by atoms with Gasteiger partial charge in [0.05, 0.1) is 0 Å². The number of hydrogen-bond acceptors (Lipinski definition) is 5. The maximum Gasteiger partial charge on any atom is 0.453 e. The molecule has 0 bridgehead atoms. The largest absolute Gasteiger partial charge is 0.453 e. The first-order valence-corrected chi connectivity index (χ1v) is 8.44. The number of fused-ring (bicyclic) bond motifs is 1. The van der Waals surface area contributed by atoms with Gasteiger partial charge in [-0.25, -0.2) is 0 Å². The molecule has 1 N–H and O–H groups in total. The van der Waals surface area contributed by atoms with Crippen LogP contribution in [0.25, 0.3) is 5.65 Å². The van der Waals surface area contributed by atoms with Crippen molar-refractivity contribution in [1.29, 1.82) is 0 Å². The molecule has 1 amide bonds. The summed E-state index contributed by atoms with van der Waals surface area (Å²) in [5.74, 6) is -0.964. The normalized spacial score (nSPS) is 11.7. The third-order valence-corrected chi connectivity index (χ3v) is 4.41. The molecule has 0 atom stereocenters. The number of aryl methyl sites for hydroxylation is 1. The summed E-state index contributed by atoms with van der Waals surface area (Å²) in [6, 6.07) is 6.97. The predicted octanol–water partition coefficient (Wildman–Crippen LogP) is 3.07. The van der Waals surface area contributed by atoms with E-state index in [0.29, 0.717) is 33.6 Å². The second-order valence-electron chi connectivity index (χ2n) is 6.61. The van der Waals surface area contributed by atoms with Gasteiger partial charge >= 0.3 is 6.18 Å². The molecule has 7 nitrogen and oxygen atoms in total. The zero-order valence-electron chi connectivity index (χ0n) is 15.8. The Kier molecular flexibility index (Phi) is 4.97. The van der Waals surface area contributed by atoms with E-state index in [2.05, 4.69) is 20.6 Å². The van der Waals surface area contributed by atoms with Crippen LogP contribution in [0.2, 0.25) is 0 Å². The summed E-state index contributed by atoms with van der Waals surface area (Å²) in [6.07, 6.45) is -4.65. The highest BCUT2D eigenvalue weighted by molar-refractivity contribution is 5.93. The maximum absolute atomic E-state index is 13.1. The van der Waals surface area contributed by atoms with Gasteiger partial charge in [0.1, 0.15) is 0 Å². The summed E-state index contributed by atoms with van der Waals surface area (Å²) >= 11 is 0. The van der Waals surface area contributed by atoms with Gasteiger partial charge in [0.2, 0.25) is 0 Å². The van der Waals surface area contributed by atoms with Crippen LogP contribution in [0.1, 0.15) is 32.9 Å². The average Bonchev–Trinajstić information content (AvgIpc) is 3.07. The van der Waals surface area contributed by atoms with E-state index in [9.17, 15) is 18.0 Å². The Morgan fingerprint density at radius 1 is 1.11 bits per heavy atom. The molecule has 0 aliphatic heterocycles. The molecule has 0 aliphatic rings. The number of nitrogens with zero attached hydrogens (tertiary/aromatic N) is 5. The van der Waals surface area contributed by atoms with E-state index < -0.39 is 12.0 Å². The first kappa shape index (κ1) is 19.6. The number of anilines is 1. The molecule has 0 saturated heterocycles. The van der Waals surface area contributed by atoms with Gasteiger partial charge in [-0.1, -0.05) is 12.1 Å². The lowest BCUT2D eigenvalue weighted by Gasteiger charge is -2.13. The fourth-order valence-corrected chi connectivity index (χ4v) is 2.68. The minimum atomic E-state index is -4.65. The minimum Gasteiger partial charge on any atom is -0.364 e. The van der Waals surface area contributed by atoms with E-state index in [0.717, 1.165) is 5.56 Å². The van der Waals surface area contributed by atoms with Gasteiger partial charge in [0.15, 0.2) is 11.5 Å². The van der Waals surface area contributed by atoms with Gasteiger partial charge in [-0.05, 0) is 37.1 Å². The fourth-order valence-electron chi connectivity index (χ4n) is 2.68. The van der Waals surface area contributed by atoms with Crippen LogP contribution in [-0.4, -0.2) is 44.7 Å². The molecule has 0 spiro atoms. The summed E-state index contributed by atoms with van der Waals surface area (Å²) in [5, 5.41) is 13.9. The standard InChI is InChI=1S/C18H19F3N6O/c1-10-11(2)15-23-24-17(18(19,20)21)27(15)25-14(10)22-9-12-5-7-13(8-6-12)16(28)26(3)4/h5-8H,9H2,1-4H3,(H,22,25). The first-order valence-electron chi connectivity index (χ1n) is 8.44. The lowest BCUT2D eigenvalue weighted by molar-refractivity contribution is -0.146. The summed E-state index contributed by atoms with van der Waals surface area (Å²) in [6.45, 7) is 3.76. The SMILES string of the molecule is Cc1c(NCc2ccc(C(=O)N(C)C)cc2)nn2c(C(F)(F)F)nnc2c1C. The van der Waals surface area contributed by atoms with Crippen LogP contribution >= 0.6 is 0 Å². The van der Waals surface area contributed by atoms with E-state index in [1.54, 1.807) is 52.2 Å². The molecule has 28 heavy (non-hydrogen) atoms. The van der Waals surface area contributed by atoms with Crippen molar-refractivity contribution in [3.63, 3.8) is 0 Å². The number of rotatable bonds is 4. The number of aromatic nitrogens is 4. The molecule has 0 unspecified atom stereocenters. The van der Waals surface area contributed by atoms with Crippen molar-refractivity contribution < 1.29 is 18.0 Å². The first-order chi connectivity index (χ1) is 13.1. The van der Waals surface area contributed by atoms with Gasteiger partial charge in [0, 0.05) is 31.8 Å². The molecule has 3 rings (SSSR count). The number of benzene rings is 1. The number of carbonyl (C=O) groups excluding carboxylic acids is 1. The van der Waals surface area contributed by atoms with Crippen molar-refractivity contribution in [1.82, 2.24) is 24.7 Å². The van der Waals surface area contributed by atoms with E-state index in [1.165, 1.54) is 4.90 Å². The molecule has 0 aliphatic carbocycles. The Labute approximate surface area is 159 Å². The third-order valence-electron chi connectivity index (χ3n) is 4.41. The van der Waals surface area contributed by atoms with E-state index in [-0.39, 0.29) is 11.6 Å². The van der Waals surface area contributed by atoms with Crippen LogP contribution in [-0.2, 0) is 12.7 Å². The highest BCUT2D eigenvalue weighted by atomic mass is 19.4. The number of carbonyl (C=O) groups is 1. The van der Waals surface area contributed by atoms with E-state index in [4.69, 9.17) is 0 Å². The third kappa shape index (κ3) is 3.62. The van der Waals surface area contributed by atoms with Crippen molar-refractivity contribution in [2.45, 2.75) is 26.6 Å². The summed E-state index contributed by atoms with van der Waals surface area (Å²) in [7, 11) is 3.34. The van der Waals surface area contributed by atoms with E-state index >= 15 is 0 Å². The second-order valence-corrected chi connectivity index (χ2v) is 6.61. The van der Waals surface area contributed by atoms with Crippen molar-refractivity contribution in [2.24, 2.45) is 0 Å². The van der Waals surface area contributed by atoms with Gasteiger partial charge in [-0.2, -0.15) is 17.7 Å². The Morgan fingerprint density at radius 2 is 1.75 bits per heavy atom. The molecule has 0 radical (unpaired) electrons. The molecular formula is C18H19F3N6O. The van der Waals surface area contributed by atoms with Crippen LogP contribution in [0.3, 0.4) is 0 Å². The van der Waals surface area contributed by atoms with Crippen LogP contribution in [0.5, 0.6) is 0 Å². The quantitative estimate of drug-likeness (QED) is 0.739. The second kappa shape index (κ2) is 7.10. The molecule has 2 heterocycles. The summed E-state index contributed by atoms with van der Waals surface area (Å²) in [4.78, 5) is 13.4. The highest BCUT2D eigenvalue weighted by Gasteiger charge is 2.38. The van der Waals surface area contributed by atoms with Crippen molar-refractivity contribution in [3.8, 4) is 0 Å². The molecule has 0 fully saturated rings. The van der Waals surface area contributed by atoms with Crippen LogP contribution in [0.4, 0.5) is 19.0 Å². The molecule has 10 heteroatoms. The number of alkyl halides is 3. The summed E-state index contributed by atoms with van der Waals surface area (Å²) < 4.78 is 40.0. The predicted molar refractivity (Wildman–Crippen MR) is 97.0 cm³/mol. The lowest BCUT2D eigenvalue weighted by atomic mass is 10.1. The van der Waals surface area contributed by atoms with Crippen LogP contribution in [0.15, 0.2) is 24.3 Å². The van der Waals surface area contributed by atoms with Gasteiger partial charge in [0.25, 0.3) is 11.7 Å². The molecule has 1 aromatic carbocycles. The Bertz CT molecular complexity index is 1020. The monoisotopic (exact) mass is 392 g/mol. The molecule has 3 aromatic rings. The van der Waals surface area contributed by atoms with E-state index in [1.807, 2.05) is 0 Å². The van der Waals surface area contributed by atoms with Crippen molar-refractivity contribution in [3.05, 3.63) is 52.3 Å². The topological polar surface area (TPSA) is 75.4 Å². The molecule has 148 valence electrons. The highest BCUT2D eigenvalue weighted by Crippen LogP contribution is 2.29. The maximum atomic E-state index is 13.1. The Balaban J connectivity index is 1.86. The lowest BCUT2D eigenvalue weighted by Crippen LogP contribution is -2.21. The Hall–Kier alpha value is -3.17. The van der Waals surface area contributed by atoms with Crippen LogP contribution in [0, 0.1) is 13.8 Å². The number of nitrogens with one attached hydrogen (secondary N) is 1. The zero-order valence-corrected chi connectivity index (χ0v) is 15.8. The fraction of sp³-hybridized carbons (Fsp3) is 0.333. The minimum absolute atomic E-state index is 0.0712. The number of halogens is 3. The summed E-state index contributed by atoms with van der Waals surface area (Å²) in [5.41, 5.74) is 2.73. The molecular weight excluding hydrogens is 373 g/mol. The Morgan fingerprint density at radius 3 is 2.32 bits per heavy atom. The van der Waals surface area contributed by atoms with Gasteiger partial charge in [-0.3, -0.25) is 4.79 Å². The molecule has 0 saturated carbocycles. The van der Waals surface area contributed by atoms with Gasteiger partial charge in [-0.15, -0.1) is 15.3 Å². The van der Waals surface area contributed by atoms with Crippen molar-refractivity contribution in [2.75, 3.05) is 19.4 Å². The average molecular weight is 392 g/mol.